The van der Waals surface area contributed by atoms with E-state index < -0.39 is 37.2 Å². The molecular formula is C18H19ClFN5O4. The molecule has 11 heteroatoms. The van der Waals surface area contributed by atoms with E-state index in [-0.39, 0.29) is 16.7 Å². The molecule has 1 fully saturated rings. The molecule has 1 aliphatic rings. The van der Waals surface area contributed by atoms with Crippen LogP contribution in [0.2, 0.25) is 5.28 Å². The van der Waals surface area contributed by atoms with Crippen LogP contribution >= 0.6 is 11.6 Å². The molecule has 4 rings (SSSR count). The first-order valence-electron chi connectivity index (χ1n) is 8.95. The molecule has 1 saturated heterocycles. The average molecular weight is 424 g/mol. The van der Waals surface area contributed by atoms with Crippen molar-refractivity contribution < 1.29 is 24.4 Å². The first-order chi connectivity index (χ1) is 13.9. The highest BCUT2D eigenvalue weighted by molar-refractivity contribution is 6.28. The number of hydrogen-bond donors (Lipinski definition) is 4. The van der Waals surface area contributed by atoms with E-state index in [0.717, 1.165) is 0 Å². The van der Waals surface area contributed by atoms with E-state index in [1.54, 1.807) is 25.1 Å². The lowest BCUT2D eigenvalue weighted by molar-refractivity contribution is -0.0583. The molecule has 0 aliphatic carbocycles. The van der Waals surface area contributed by atoms with Crippen molar-refractivity contribution >= 4 is 28.5 Å². The van der Waals surface area contributed by atoms with E-state index in [0.29, 0.717) is 16.8 Å². The fourth-order valence-corrected chi connectivity index (χ4v) is 3.51. The van der Waals surface area contributed by atoms with Gasteiger partial charge < -0.3 is 25.4 Å². The zero-order valence-electron chi connectivity index (χ0n) is 15.3. The summed E-state index contributed by atoms with van der Waals surface area (Å²) in [6.07, 6.45) is -2.98. The van der Waals surface area contributed by atoms with Gasteiger partial charge in [0.2, 0.25) is 5.28 Å². The number of nitrogens with zero attached hydrogens (tertiary/aromatic N) is 4. The number of halogens is 2. The Balaban J connectivity index is 1.68. The zero-order chi connectivity index (χ0) is 20.7. The lowest BCUT2D eigenvalue weighted by Crippen LogP contribution is -2.33. The number of hydrogen-bond acceptors (Lipinski definition) is 8. The molecule has 0 radical (unpaired) electrons. The van der Waals surface area contributed by atoms with Gasteiger partial charge in [-0.15, -0.1) is 5.10 Å². The molecular weight excluding hydrogens is 405 g/mol. The Labute approximate surface area is 169 Å². The molecule has 0 bridgehead atoms. The highest BCUT2D eigenvalue weighted by Crippen LogP contribution is 2.32. The minimum absolute atomic E-state index is 0.0628. The first kappa shape index (κ1) is 19.9. The van der Waals surface area contributed by atoms with Crippen molar-refractivity contribution in [2.45, 2.75) is 37.5 Å². The molecule has 4 N–H and O–H groups in total. The van der Waals surface area contributed by atoms with Crippen molar-refractivity contribution in [1.29, 1.82) is 0 Å². The van der Waals surface area contributed by atoms with Gasteiger partial charge in [0.25, 0.3) is 0 Å². The van der Waals surface area contributed by atoms with Crippen LogP contribution in [0.3, 0.4) is 0 Å². The van der Waals surface area contributed by atoms with Crippen LogP contribution in [0.4, 0.5) is 10.2 Å². The molecule has 5 atom stereocenters. The quantitative estimate of drug-likeness (QED) is 0.454. The number of aliphatic hydroxyl groups is 3. The van der Waals surface area contributed by atoms with Gasteiger partial charge in [-0.2, -0.15) is 9.97 Å². The number of rotatable bonds is 5. The van der Waals surface area contributed by atoms with Crippen LogP contribution in [0.1, 0.15) is 24.8 Å². The van der Waals surface area contributed by atoms with E-state index in [4.69, 9.17) is 16.3 Å². The smallest absolute Gasteiger partial charge is 0.226 e. The summed E-state index contributed by atoms with van der Waals surface area (Å²) in [5, 5.41) is 37.2. The second kappa shape index (κ2) is 7.81. The second-order valence-corrected chi connectivity index (χ2v) is 7.14. The molecule has 1 aromatic carbocycles. The van der Waals surface area contributed by atoms with Crippen LogP contribution in [0.5, 0.6) is 0 Å². The molecule has 3 heterocycles. The normalized spacial score (nSPS) is 25.4. The lowest BCUT2D eigenvalue weighted by atomic mass is 10.1. The van der Waals surface area contributed by atoms with Crippen molar-refractivity contribution in [1.82, 2.24) is 19.7 Å². The first-order valence-corrected chi connectivity index (χ1v) is 9.32. The molecule has 2 aromatic heterocycles. The SMILES string of the molecule is C[C@H](Nc1nc(Cl)nc2nn([C@@H]3O[C@H](CO)[C@@H](O)[C@H]3O)cc12)c1ccccc1F. The maximum absolute atomic E-state index is 14.1. The Kier molecular flexibility index (Phi) is 5.36. The van der Waals surface area contributed by atoms with Gasteiger partial charge >= 0.3 is 0 Å². The monoisotopic (exact) mass is 423 g/mol. The molecule has 0 spiro atoms. The lowest BCUT2D eigenvalue weighted by Gasteiger charge is -2.16. The molecule has 0 amide bonds. The summed E-state index contributed by atoms with van der Waals surface area (Å²) in [5.41, 5.74) is 0.678. The topological polar surface area (TPSA) is 126 Å². The number of nitrogens with one attached hydrogen (secondary N) is 1. The Morgan fingerprint density at radius 3 is 2.72 bits per heavy atom. The van der Waals surface area contributed by atoms with Crippen LogP contribution in [-0.4, -0.2) is 60.0 Å². The van der Waals surface area contributed by atoms with E-state index in [1.807, 2.05) is 0 Å². The highest BCUT2D eigenvalue weighted by atomic mass is 35.5. The molecule has 29 heavy (non-hydrogen) atoms. The largest absolute Gasteiger partial charge is 0.394 e. The maximum Gasteiger partial charge on any atom is 0.226 e. The number of aromatic nitrogens is 4. The van der Waals surface area contributed by atoms with Crippen LogP contribution < -0.4 is 5.32 Å². The van der Waals surface area contributed by atoms with E-state index >= 15 is 0 Å². The number of ether oxygens (including phenoxy) is 1. The molecule has 1 aliphatic heterocycles. The second-order valence-electron chi connectivity index (χ2n) is 6.80. The van der Waals surface area contributed by atoms with Crippen molar-refractivity contribution in [3.63, 3.8) is 0 Å². The summed E-state index contributed by atoms with van der Waals surface area (Å²) in [6.45, 7) is 1.32. The summed E-state index contributed by atoms with van der Waals surface area (Å²) >= 11 is 6.01. The summed E-state index contributed by atoms with van der Waals surface area (Å²) in [4.78, 5) is 8.24. The fourth-order valence-electron chi connectivity index (χ4n) is 3.34. The summed E-state index contributed by atoms with van der Waals surface area (Å²) in [5.74, 6) is -0.0279. The summed E-state index contributed by atoms with van der Waals surface area (Å²) in [7, 11) is 0. The van der Waals surface area contributed by atoms with Crippen molar-refractivity contribution in [3.8, 4) is 0 Å². The van der Waals surface area contributed by atoms with E-state index in [9.17, 15) is 19.7 Å². The molecule has 0 saturated carbocycles. The Bertz CT molecular complexity index is 1030. The van der Waals surface area contributed by atoms with Gasteiger partial charge in [-0.05, 0) is 24.6 Å². The van der Waals surface area contributed by atoms with Crippen LogP contribution in [-0.2, 0) is 4.74 Å². The van der Waals surface area contributed by atoms with Gasteiger partial charge in [-0.1, -0.05) is 18.2 Å². The third-order valence-electron chi connectivity index (χ3n) is 4.87. The van der Waals surface area contributed by atoms with Gasteiger partial charge in [0, 0.05) is 11.8 Å². The molecule has 9 nitrogen and oxygen atoms in total. The third-order valence-corrected chi connectivity index (χ3v) is 5.04. The van der Waals surface area contributed by atoms with Gasteiger partial charge in [-0.3, -0.25) is 0 Å². The van der Waals surface area contributed by atoms with Crippen molar-refractivity contribution in [2.24, 2.45) is 0 Å². The van der Waals surface area contributed by atoms with Crippen LogP contribution in [0, 0.1) is 5.82 Å². The fraction of sp³-hybridized carbons (Fsp3) is 0.389. The van der Waals surface area contributed by atoms with Crippen LogP contribution in [0.15, 0.2) is 30.5 Å². The van der Waals surface area contributed by atoms with Gasteiger partial charge in [0.05, 0.1) is 18.0 Å². The Hall–Kier alpha value is -2.37. The Morgan fingerprint density at radius 1 is 1.28 bits per heavy atom. The van der Waals surface area contributed by atoms with Crippen molar-refractivity contribution in [3.05, 3.63) is 47.1 Å². The number of aliphatic hydroxyl groups excluding tert-OH is 3. The predicted octanol–water partition coefficient (Wildman–Crippen LogP) is 1.40. The van der Waals surface area contributed by atoms with E-state index in [2.05, 4.69) is 20.4 Å². The van der Waals surface area contributed by atoms with Gasteiger partial charge in [-0.25, -0.2) is 9.07 Å². The molecule has 0 unspecified atom stereocenters. The zero-order valence-corrected chi connectivity index (χ0v) is 16.0. The molecule has 154 valence electrons. The highest BCUT2D eigenvalue weighted by Gasteiger charge is 2.44. The van der Waals surface area contributed by atoms with Crippen LogP contribution in [0.25, 0.3) is 11.0 Å². The number of fused-ring (bicyclic) bond motifs is 1. The molecule has 3 aromatic rings. The number of anilines is 1. The average Bonchev–Trinajstić information content (AvgIpc) is 3.23. The van der Waals surface area contributed by atoms with Gasteiger partial charge in [0.15, 0.2) is 11.9 Å². The summed E-state index contributed by atoms with van der Waals surface area (Å²) in [6, 6.07) is 5.95. The van der Waals surface area contributed by atoms with E-state index in [1.165, 1.54) is 16.9 Å². The summed E-state index contributed by atoms with van der Waals surface area (Å²) < 4.78 is 20.9. The minimum atomic E-state index is -1.29. The Morgan fingerprint density at radius 2 is 2.03 bits per heavy atom. The predicted molar refractivity (Wildman–Crippen MR) is 102 cm³/mol. The third kappa shape index (κ3) is 3.65. The van der Waals surface area contributed by atoms with Crippen molar-refractivity contribution in [2.75, 3.05) is 11.9 Å². The number of benzene rings is 1. The standard InChI is InChI=1S/C18H19ClFN5O4/c1-8(9-4-2-3-5-11(9)20)21-15-10-6-25(24-16(10)23-18(19)22-15)17-14(28)13(27)12(7-26)29-17/h2-6,8,12-14,17,26-28H,7H2,1H3,(H,21,22,23,24)/t8-,12+,13+,14+,17+/m0/s1. The maximum atomic E-state index is 14.1. The van der Waals surface area contributed by atoms with Gasteiger partial charge in [0.1, 0.15) is 29.9 Å². The minimum Gasteiger partial charge on any atom is -0.394 e.